The highest BCUT2D eigenvalue weighted by Crippen LogP contribution is 2.33. The van der Waals surface area contributed by atoms with Crippen LogP contribution in [0.15, 0.2) is 60.7 Å². The Morgan fingerprint density at radius 1 is 0.862 bits per heavy atom. The van der Waals surface area contributed by atoms with E-state index >= 15 is 0 Å². The molecule has 4 nitrogen and oxygen atoms in total. The predicted octanol–water partition coefficient (Wildman–Crippen LogP) is 6.96. The van der Waals surface area contributed by atoms with Gasteiger partial charge >= 0.3 is 0 Å². The number of fused-ring (bicyclic) bond motifs is 1. The zero-order chi connectivity index (χ0) is 20.5. The number of carbonyl (C=O) groups is 1. The molecular weight excluding hydrogens is 452 g/mol. The van der Waals surface area contributed by atoms with E-state index in [0.717, 1.165) is 16.6 Å². The van der Waals surface area contributed by atoms with Gasteiger partial charge < -0.3 is 9.88 Å². The molecule has 0 radical (unpaired) electrons. The molecule has 0 aliphatic rings. The van der Waals surface area contributed by atoms with Crippen LogP contribution in [0.25, 0.3) is 22.4 Å². The van der Waals surface area contributed by atoms with Crippen molar-refractivity contribution in [3.05, 3.63) is 80.8 Å². The largest absolute Gasteiger partial charge is 0.323 e. The maximum atomic E-state index is 12.8. The van der Waals surface area contributed by atoms with Gasteiger partial charge in [-0.05, 0) is 36.4 Å². The third kappa shape index (κ3) is 4.07. The molecule has 0 aliphatic carbocycles. The molecule has 0 unspecified atom stereocenters. The number of hydrogen-bond acceptors (Lipinski definition) is 2. The molecule has 4 aromatic rings. The summed E-state index contributed by atoms with van der Waals surface area (Å²) in [6, 6.07) is 18.0. The van der Waals surface area contributed by atoms with Gasteiger partial charge in [-0.3, -0.25) is 4.79 Å². The lowest BCUT2D eigenvalue weighted by Gasteiger charge is -2.12. The molecule has 146 valence electrons. The number of anilines is 1. The third-order valence-corrected chi connectivity index (χ3v) is 5.72. The fourth-order valence-corrected chi connectivity index (χ4v) is 3.85. The number of halogens is 4. The van der Waals surface area contributed by atoms with Gasteiger partial charge in [-0.25, -0.2) is 4.98 Å². The first kappa shape index (κ1) is 20.0. The summed E-state index contributed by atoms with van der Waals surface area (Å²) in [4.78, 5) is 17.5. The van der Waals surface area contributed by atoms with Crippen LogP contribution in [0.3, 0.4) is 0 Å². The highest BCUT2D eigenvalue weighted by molar-refractivity contribution is 6.44. The predicted molar refractivity (Wildman–Crippen MR) is 120 cm³/mol. The summed E-state index contributed by atoms with van der Waals surface area (Å²) in [7, 11) is 0. The van der Waals surface area contributed by atoms with E-state index in [1.54, 1.807) is 6.07 Å². The van der Waals surface area contributed by atoms with Crippen LogP contribution in [0.1, 0.15) is 0 Å². The smallest absolute Gasteiger partial charge is 0.244 e. The zero-order valence-electron chi connectivity index (χ0n) is 14.8. The molecule has 0 saturated carbocycles. The maximum Gasteiger partial charge on any atom is 0.244 e. The number of para-hydroxylation sites is 2. The van der Waals surface area contributed by atoms with Crippen LogP contribution < -0.4 is 5.32 Å². The average Bonchev–Trinajstić information content (AvgIpc) is 3.05. The van der Waals surface area contributed by atoms with Crippen LogP contribution in [0.2, 0.25) is 20.1 Å². The van der Waals surface area contributed by atoms with Crippen molar-refractivity contribution in [1.82, 2.24) is 9.55 Å². The SMILES string of the molecule is O=C(Cn1c(-c2ccccc2Cl)nc2ccccc21)Nc1cc(Cl)c(Cl)cc1Cl. The van der Waals surface area contributed by atoms with Crippen LogP contribution in [0, 0.1) is 0 Å². The molecule has 0 spiro atoms. The Morgan fingerprint density at radius 3 is 2.34 bits per heavy atom. The molecule has 1 amide bonds. The van der Waals surface area contributed by atoms with Gasteiger partial charge in [-0.2, -0.15) is 0 Å². The molecule has 0 bridgehead atoms. The van der Waals surface area contributed by atoms with Gasteiger partial charge in [0, 0.05) is 5.56 Å². The minimum Gasteiger partial charge on any atom is -0.323 e. The van der Waals surface area contributed by atoms with Crippen molar-refractivity contribution in [2.24, 2.45) is 0 Å². The number of nitrogens with zero attached hydrogens (tertiary/aromatic N) is 2. The average molecular weight is 465 g/mol. The van der Waals surface area contributed by atoms with Gasteiger partial charge in [0.2, 0.25) is 5.91 Å². The molecule has 0 atom stereocenters. The molecule has 8 heteroatoms. The van der Waals surface area contributed by atoms with E-state index in [2.05, 4.69) is 10.3 Å². The highest BCUT2D eigenvalue weighted by atomic mass is 35.5. The monoisotopic (exact) mass is 463 g/mol. The number of carbonyl (C=O) groups excluding carboxylic acids is 1. The summed E-state index contributed by atoms with van der Waals surface area (Å²) in [5.41, 5.74) is 2.71. The summed E-state index contributed by atoms with van der Waals surface area (Å²) >= 11 is 24.5. The molecule has 1 aromatic heterocycles. The Morgan fingerprint density at radius 2 is 1.55 bits per heavy atom. The van der Waals surface area contributed by atoms with Crippen LogP contribution >= 0.6 is 46.4 Å². The topological polar surface area (TPSA) is 46.9 Å². The Kier molecular flexibility index (Phi) is 5.70. The minimum atomic E-state index is -0.290. The van der Waals surface area contributed by atoms with E-state index in [4.69, 9.17) is 46.4 Å². The highest BCUT2D eigenvalue weighted by Gasteiger charge is 2.18. The molecule has 4 rings (SSSR count). The van der Waals surface area contributed by atoms with E-state index in [-0.39, 0.29) is 12.5 Å². The van der Waals surface area contributed by atoms with Crippen LogP contribution in [0.5, 0.6) is 0 Å². The molecule has 0 fully saturated rings. The number of benzene rings is 3. The number of nitrogens with one attached hydrogen (secondary N) is 1. The first-order valence-corrected chi connectivity index (χ1v) is 10.1. The molecule has 3 aromatic carbocycles. The van der Waals surface area contributed by atoms with E-state index < -0.39 is 0 Å². The standard InChI is InChI=1S/C21H13Cl4N3O/c22-13-6-2-1-5-12(13)21-27-17-7-3-4-8-19(17)28(21)11-20(29)26-18-10-15(24)14(23)9-16(18)25/h1-10H,11H2,(H,26,29). The lowest BCUT2D eigenvalue weighted by Crippen LogP contribution is -2.19. The maximum absolute atomic E-state index is 12.8. The van der Waals surface area contributed by atoms with Gasteiger partial charge in [0.05, 0.1) is 36.8 Å². The summed E-state index contributed by atoms with van der Waals surface area (Å²) in [5, 5.41) is 4.25. The third-order valence-electron chi connectivity index (χ3n) is 4.36. The summed E-state index contributed by atoms with van der Waals surface area (Å²) in [6.45, 7) is 0.0116. The molecule has 29 heavy (non-hydrogen) atoms. The van der Waals surface area contributed by atoms with Crippen LogP contribution in [0.4, 0.5) is 5.69 Å². The number of hydrogen-bond donors (Lipinski definition) is 1. The minimum absolute atomic E-state index is 0.0116. The van der Waals surface area contributed by atoms with Crippen LogP contribution in [-0.4, -0.2) is 15.5 Å². The van der Waals surface area contributed by atoms with Crippen molar-refractivity contribution in [3.63, 3.8) is 0 Å². The van der Waals surface area contributed by atoms with Gasteiger partial charge in [0.1, 0.15) is 12.4 Å². The summed E-state index contributed by atoms with van der Waals surface area (Å²) in [5.74, 6) is 0.314. The second-order valence-corrected chi connectivity index (χ2v) is 7.91. The Balaban J connectivity index is 1.72. The molecule has 1 N–H and O–H groups in total. The normalized spacial score (nSPS) is 11.0. The molecule has 0 saturated heterocycles. The van der Waals surface area contributed by atoms with E-state index in [1.807, 2.05) is 47.0 Å². The van der Waals surface area contributed by atoms with Gasteiger partial charge in [0.15, 0.2) is 0 Å². The summed E-state index contributed by atoms with van der Waals surface area (Å²) in [6.07, 6.45) is 0. The van der Waals surface area contributed by atoms with Crippen molar-refractivity contribution in [3.8, 4) is 11.4 Å². The van der Waals surface area contributed by atoms with Gasteiger partial charge in [0.25, 0.3) is 0 Å². The second-order valence-electron chi connectivity index (χ2n) is 6.28. The van der Waals surface area contributed by atoms with E-state index in [0.29, 0.717) is 31.6 Å². The Labute approximate surface area is 187 Å². The van der Waals surface area contributed by atoms with Crippen molar-refractivity contribution >= 4 is 69.0 Å². The number of imidazole rings is 1. The van der Waals surface area contributed by atoms with Crippen molar-refractivity contribution in [1.29, 1.82) is 0 Å². The van der Waals surface area contributed by atoms with Crippen LogP contribution in [-0.2, 0) is 11.3 Å². The van der Waals surface area contributed by atoms with E-state index in [1.165, 1.54) is 12.1 Å². The van der Waals surface area contributed by atoms with Crippen molar-refractivity contribution in [2.45, 2.75) is 6.54 Å². The fourth-order valence-electron chi connectivity index (χ4n) is 3.04. The first-order chi connectivity index (χ1) is 13.9. The quantitative estimate of drug-likeness (QED) is 0.332. The molecular formula is C21H13Cl4N3O. The number of amides is 1. The Hall–Kier alpha value is -2.24. The lowest BCUT2D eigenvalue weighted by atomic mass is 10.2. The molecule has 0 aliphatic heterocycles. The first-order valence-electron chi connectivity index (χ1n) is 8.58. The summed E-state index contributed by atoms with van der Waals surface area (Å²) < 4.78 is 1.82. The Bertz CT molecular complexity index is 1240. The van der Waals surface area contributed by atoms with Gasteiger partial charge in [-0.1, -0.05) is 70.7 Å². The number of aromatic nitrogens is 2. The fraction of sp³-hybridized carbons (Fsp3) is 0.0476. The molecule has 1 heterocycles. The van der Waals surface area contributed by atoms with Gasteiger partial charge in [-0.15, -0.1) is 0 Å². The van der Waals surface area contributed by atoms with Crippen molar-refractivity contribution in [2.75, 3.05) is 5.32 Å². The zero-order valence-corrected chi connectivity index (χ0v) is 17.8. The van der Waals surface area contributed by atoms with Crippen molar-refractivity contribution < 1.29 is 4.79 Å². The van der Waals surface area contributed by atoms with E-state index in [9.17, 15) is 4.79 Å². The number of rotatable bonds is 4. The second kappa shape index (κ2) is 8.25. The lowest BCUT2D eigenvalue weighted by molar-refractivity contribution is -0.116.